The van der Waals surface area contributed by atoms with Crippen LogP contribution in [0.5, 0.6) is 0 Å². The molecule has 2 rings (SSSR count). The lowest BCUT2D eigenvalue weighted by molar-refractivity contribution is 0.0691. The number of thiazole rings is 1. The van der Waals surface area contributed by atoms with Crippen LogP contribution in [0.1, 0.15) is 32.3 Å². The van der Waals surface area contributed by atoms with Crippen LogP contribution in [0.2, 0.25) is 0 Å². The van der Waals surface area contributed by atoms with Crippen molar-refractivity contribution in [2.24, 2.45) is 0 Å². The molecule has 0 saturated heterocycles. The van der Waals surface area contributed by atoms with Gasteiger partial charge in [0.25, 0.3) is 0 Å². The van der Waals surface area contributed by atoms with Crippen LogP contribution < -0.4 is 5.32 Å². The number of rotatable bonds is 4. The van der Waals surface area contributed by atoms with Gasteiger partial charge in [-0.2, -0.15) is 10.4 Å². The largest absolute Gasteiger partial charge is 0.476 e. The standard InChI is InChI=1S/C12H11N5O2S/c1-6-7(2)16-17-11(8(6)3-13)14-4-10-15-9(5-20-10)12(18)19/h5H,4H2,1-2H3,(H,14,17)(H,18,19). The van der Waals surface area contributed by atoms with Gasteiger partial charge in [0.05, 0.1) is 12.2 Å². The lowest BCUT2D eigenvalue weighted by Gasteiger charge is -2.08. The molecule has 0 aliphatic carbocycles. The van der Waals surface area contributed by atoms with Gasteiger partial charge in [-0.05, 0) is 19.4 Å². The Kier molecular flexibility index (Phi) is 3.91. The highest BCUT2D eigenvalue weighted by Gasteiger charge is 2.12. The van der Waals surface area contributed by atoms with Gasteiger partial charge in [-0.1, -0.05) is 0 Å². The van der Waals surface area contributed by atoms with Gasteiger partial charge in [-0.3, -0.25) is 0 Å². The molecule has 0 aliphatic heterocycles. The summed E-state index contributed by atoms with van der Waals surface area (Å²) in [5.74, 6) is -0.682. The maximum absolute atomic E-state index is 10.7. The highest BCUT2D eigenvalue weighted by atomic mass is 32.1. The van der Waals surface area contributed by atoms with Crippen molar-refractivity contribution in [1.29, 1.82) is 5.26 Å². The van der Waals surface area contributed by atoms with Gasteiger partial charge in [-0.25, -0.2) is 9.78 Å². The van der Waals surface area contributed by atoms with Crippen molar-refractivity contribution < 1.29 is 9.90 Å². The molecular weight excluding hydrogens is 278 g/mol. The normalized spacial score (nSPS) is 10.1. The second-order valence-corrected chi connectivity index (χ2v) is 4.97. The van der Waals surface area contributed by atoms with Crippen molar-refractivity contribution in [3.05, 3.63) is 32.9 Å². The third-order valence-electron chi connectivity index (χ3n) is 2.74. The van der Waals surface area contributed by atoms with E-state index in [0.717, 1.165) is 5.56 Å². The van der Waals surface area contributed by atoms with Gasteiger partial charge in [0.15, 0.2) is 11.5 Å². The molecule has 0 bridgehead atoms. The SMILES string of the molecule is Cc1nnc(NCc2nc(C(=O)O)cs2)c(C#N)c1C. The minimum Gasteiger partial charge on any atom is -0.476 e. The summed E-state index contributed by atoms with van der Waals surface area (Å²) in [6, 6.07) is 2.09. The van der Waals surface area contributed by atoms with Crippen LogP contribution in [0.4, 0.5) is 5.82 Å². The van der Waals surface area contributed by atoms with Crippen LogP contribution in [0.25, 0.3) is 0 Å². The third kappa shape index (κ3) is 2.73. The number of nitrogens with zero attached hydrogens (tertiary/aromatic N) is 4. The molecule has 2 aromatic heterocycles. The Morgan fingerprint density at radius 1 is 1.50 bits per heavy atom. The second-order valence-electron chi connectivity index (χ2n) is 4.03. The summed E-state index contributed by atoms with van der Waals surface area (Å²) in [6.45, 7) is 3.89. The number of carboxylic acid groups (broad SMARTS) is 1. The Balaban J connectivity index is 2.17. The summed E-state index contributed by atoms with van der Waals surface area (Å²) in [7, 11) is 0. The van der Waals surface area contributed by atoms with Crippen molar-refractivity contribution in [2.75, 3.05) is 5.32 Å². The minimum atomic E-state index is -1.06. The summed E-state index contributed by atoms with van der Waals surface area (Å²) in [5.41, 5.74) is 1.93. The van der Waals surface area contributed by atoms with Crippen molar-refractivity contribution in [3.8, 4) is 6.07 Å². The van der Waals surface area contributed by atoms with Gasteiger partial charge in [0.2, 0.25) is 0 Å². The van der Waals surface area contributed by atoms with E-state index in [9.17, 15) is 4.79 Å². The Labute approximate surface area is 118 Å². The van der Waals surface area contributed by atoms with Crippen LogP contribution >= 0.6 is 11.3 Å². The van der Waals surface area contributed by atoms with Crippen molar-refractivity contribution in [3.63, 3.8) is 0 Å². The van der Waals surface area contributed by atoms with Gasteiger partial charge in [0, 0.05) is 5.38 Å². The first-order valence-corrected chi connectivity index (χ1v) is 6.56. The molecule has 2 heterocycles. The summed E-state index contributed by atoms with van der Waals surface area (Å²) in [6.07, 6.45) is 0. The van der Waals surface area contributed by atoms with Gasteiger partial charge in [-0.15, -0.1) is 16.4 Å². The predicted octanol–water partition coefficient (Wildman–Crippen LogP) is 1.73. The Bertz CT molecular complexity index is 704. The molecule has 0 aliphatic rings. The fourth-order valence-electron chi connectivity index (χ4n) is 1.52. The van der Waals surface area contributed by atoms with Gasteiger partial charge >= 0.3 is 5.97 Å². The zero-order valence-electron chi connectivity index (χ0n) is 10.8. The summed E-state index contributed by atoms with van der Waals surface area (Å²) < 4.78 is 0. The lowest BCUT2D eigenvalue weighted by atomic mass is 10.1. The maximum atomic E-state index is 10.7. The van der Waals surface area contributed by atoms with Crippen LogP contribution in [0, 0.1) is 25.2 Å². The molecule has 0 unspecified atom stereocenters. The fourth-order valence-corrected chi connectivity index (χ4v) is 2.23. The summed E-state index contributed by atoms with van der Waals surface area (Å²) in [4.78, 5) is 14.7. The highest BCUT2D eigenvalue weighted by molar-refractivity contribution is 7.09. The van der Waals surface area contributed by atoms with Crippen molar-refractivity contribution >= 4 is 23.1 Å². The van der Waals surface area contributed by atoms with E-state index >= 15 is 0 Å². The van der Waals surface area contributed by atoms with E-state index < -0.39 is 5.97 Å². The van der Waals surface area contributed by atoms with E-state index in [2.05, 4.69) is 26.6 Å². The first kappa shape index (κ1) is 13.9. The van der Waals surface area contributed by atoms with Crippen LogP contribution in [-0.4, -0.2) is 26.3 Å². The average Bonchev–Trinajstić information content (AvgIpc) is 2.89. The number of carbonyl (C=O) groups is 1. The molecule has 8 heteroatoms. The van der Waals surface area contributed by atoms with Gasteiger partial charge < -0.3 is 10.4 Å². The summed E-state index contributed by atoms with van der Waals surface area (Å²) in [5, 5.41) is 30.9. The van der Waals surface area contributed by atoms with Crippen molar-refractivity contribution in [2.45, 2.75) is 20.4 Å². The van der Waals surface area contributed by atoms with E-state index in [1.807, 2.05) is 0 Å². The molecule has 0 fully saturated rings. The summed E-state index contributed by atoms with van der Waals surface area (Å²) >= 11 is 1.23. The number of nitriles is 1. The van der Waals surface area contributed by atoms with Crippen LogP contribution in [-0.2, 0) is 6.54 Å². The molecule has 0 atom stereocenters. The zero-order chi connectivity index (χ0) is 14.7. The number of anilines is 1. The van der Waals surface area contributed by atoms with Crippen molar-refractivity contribution in [1.82, 2.24) is 15.2 Å². The monoisotopic (exact) mass is 289 g/mol. The zero-order valence-corrected chi connectivity index (χ0v) is 11.7. The van der Waals surface area contributed by atoms with Crippen LogP contribution in [0.15, 0.2) is 5.38 Å². The second kappa shape index (κ2) is 5.63. The first-order valence-electron chi connectivity index (χ1n) is 5.68. The Morgan fingerprint density at radius 3 is 2.85 bits per heavy atom. The molecule has 102 valence electrons. The Hall–Kier alpha value is -2.53. The number of nitrogens with one attached hydrogen (secondary N) is 1. The van der Waals surface area contributed by atoms with E-state index in [4.69, 9.17) is 10.4 Å². The molecule has 0 spiro atoms. The van der Waals surface area contributed by atoms with E-state index in [1.165, 1.54) is 16.7 Å². The molecule has 0 radical (unpaired) electrons. The fraction of sp³-hybridized carbons (Fsp3) is 0.250. The van der Waals surface area contributed by atoms with E-state index in [-0.39, 0.29) is 5.69 Å². The number of aryl methyl sites for hydroxylation is 1. The van der Waals surface area contributed by atoms with E-state index in [0.29, 0.717) is 28.6 Å². The quantitative estimate of drug-likeness (QED) is 0.881. The minimum absolute atomic E-state index is 0.0125. The predicted molar refractivity (Wildman–Crippen MR) is 72.6 cm³/mol. The molecule has 0 aromatic carbocycles. The van der Waals surface area contributed by atoms with Crippen LogP contribution in [0.3, 0.4) is 0 Å². The van der Waals surface area contributed by atoms with Gasteiger partial charge in [0.1, 0.15) is 16.6 Å². The number of hydrogen-bond acceptors (Lipinski definition) is 7. The maximum Gasteiger partial charge on any atom is 0.355 e. The molecular formula is C12H11N5O2S. The average molecular weight is 289 g/mol. The highest BCUT2D eigenvalue weighted by Crippen LogP contribution is 2.18. The molecule has 7 nitrogen and oxygen atoms in total. The molecule has 0 saturated carbocycles. The number of aromatic nitrogens is 3. The first-order chi connectivity index (χ1) is 9.52. The third-order valence-corrected chi connectivity index (χ3v) is 3.59. The number of hydrogen-bond donors (Lipinski definition) is 2. The molecule has 0 amide bonds. The number of carboxylic acids is 1. The Morgan fingerprint density at radius 2 is 2.25 bits per heavy atom. The molecule has 2 N–H and O–H groups in total. The lowest BCUT2D eigenvalue weighted by Crippen LogP contribution is -2.07. The number of aromatic carboxylic acids is 1. The topological polar surface area (TPSA) is 112 Å². The molecule has 20 heavy (non-hydrogen) atoms. The smallest absolute Gasteiger partial charge is 0.355 e. The van der Waals surface area contributed by atoms with E-state index in [1.54, 1.807) is 13.8 Å². The molecule has 2 aromatic rings.